The van der Waals surface area contributed by atoms with Crippen LogP contribution in [0, 0.1) is 11.7 Å². The van der Waals surface area contributed by atoms with Crippen molar-refractivity contribution in [2.45, 2.75) is 6.18 Å². The van der Waals surface area contributed by atoms with Gasteiger partial charge in [-0.25, -0.2) is 4.39 Å². The molecule has 0 fully saturated rings. The summed E-state index contributed by atoms with van der Waals surface area (Å²) in [7, 11) is 0. The second-order valence-electron chi connectivity index (χ2n) is 3.24. The second kappa shape index (κ2) is 5.31. The molecule has 1 aromatic rings. The molecule has 1 rings (SSSR count). The number of halogens is 4. The molecule has 0 aliphatic heterocycles. The van der Waals surface area contributed by atoms with Crippen molar-refractivity contribution >= 4 is 17.2 Å². The van der Waals surface area contributed by atoms with Gasteiger partial charge in [-0.15, -0.1) is 0 Å². The molecule has 94 valence electrons. The summed E-state index contributed by atoms with van der Waals surface area (Å²) in [4.78, 5) is -0.728. The molecule has 1 unspecified atom stereocenters. The van der Waals surface area contributed by atoms with Gasteiger partial charge >= 0.3 is 6.18 Å². The Hall–Kier alpha value is -1.37. The molecule has 1 atom stereocenters. The molecule has 0 amide bonds. The van der Waals surface area contributed by atoms with E-state index in [1.54, 1.807) is 0 Å². The van der Waals surface area contributed by atoms with Gasteiger partial charge in [-0.1, -0.05) is 24.4 Å². The topological polar surface area (TPSA) is 35.2 Å². The number of rotatable bonds is 4. The van der Waals surface area contributed by atoms with Gasteiger partial charge in [0.25, 0.3) is 0 Å². The molecule has 0 aliphatic carbocycles. The van der Waals surface area contributed by atoms with Gasteiger partial charge in [-0.05, 0) is 12.1 Å². The normalized spacial score (nSPS) is 13.2. The van der Waals surface area contributed by atoms with Crippen molar-refractivity contribution in [3.05, 3.63) is 30.1 Å². The van der Waals surface area contributed by atoms with Crippen molar-refractivity contribution in [1.29, 1.82) is 0 Å². The third kappa shape index (κ3) is 3.85. The summed E-state index contributed by atoms with van der Waals surface area (Å²) in [5.41, 5.74) is 4.96. The lowest BCUT2D eigenvalue weighted by Crippen LogP contribution is -2.38. The summed E-state index contributed by atoms with van der Waals surface area (Å²) >= 11 is 4.30. The quantitative estimate of drug-likeness (QED) is 0.673. The zero-order valence-electron chi connectivity index (χ0n) is 8.50. The van der Waals surface area contributed by atoms with Gasteiger partial charge in [0.15, 0.2) is 11.6 Å². The van der Waals surface area contributed by atoms with Gasteiger partial charge in [0.2, 0.25) is 0 Å². The van der Waals surface area contributed by atoms with Gasteiger partial charge in [-0.3, -0.25) is 0 Å². The SMILES string of the molecule is NC(=S)C(COc1ccccc1F)C(F)(F)F. The third-order valence-electron chi connectivity index (χ3n) is 1.98. The summed E-state index contributed by atoms with van der Waals surface area (Å²) in [6.07, 6.45) is -4.60. The highest BCUT2D eigenvalue weighted by molar-refractivity contribution is 7.80. The predicted molar refractivity (Wildman–Crippen MR) is 58.2 cm³/mol. The third-order valence-corrected chi connectivity index (χ3v) is 2.27. The van der Waals surface area contributed by atoms with E-state index in [0.717, 1.165) is 6.07 Å². The first-order valence-electron chi connectivity index (χ1n) is 4.55. The number of hydrogen-bond acceptors (Lipinski definition) is 2. The minimum Gasteiger partial charge on any atom is -0.489 e. The van der Waals surface area contributed by atoms with E-state index in [1.807, 2.05) is 0 Å². The zero-order chi connectivity index (χ0) is 13.1. The average molecular weight is 267 g/mol. The largest absolute Gasteiger partial charge is 0.489 e. The zero-order valence-corrected chi connectivity index (χ0v) is 9.32. The van der Waals surface area contributed by atoms with Crippen molar-refractivity contribution in [1.82, 2.24) is 0 Å². The molecule has 0 heterocycles. The Balaban J connectivity index is 2.72. The van der Waals surface area contributed by atoms with Crippen LogP contribution in [0.4, 0.5) is 17.6 Å². The standard InChI is InChI=1S/C10H9F4NOS/c11-7-3-1-2-4-8(7)16-5-6(9(15)17)10(12,13)14/h1-4,6H,5H2,(H2,15,17). The number of hydrogen-bond donors (Lipinski definition) is 1. The Morgan fingerprint density at radius 2 is 1.94 bits per heavy atom. The van der Waals surface area contributed by atoms with E-state index in [2.05, 4.69) is 12.2 Å². The second-order valence-corrected chi connectivity index (χ2v) is 3.71. The fourth-order valence-corrected chi connectivity index (χ4v) is 1.27. The lowest BCUT2D eigenvalue weighted by atomic mass is 10.1. The van der Waals surface area contributed by atoms with E-state index in [-0.39, 0.29) is 5.75 Å². The first-order valence-corrected chi connectivity index (χ1v) is 4.96. The van der Waals surface area contributed by atoms with Crippen molar-refractivity contribution in [2.75, 3.05) is 6.61 Å². The van der Waals surface area contributed by atoms with E-state index in [1.165, 1.54) is 18.2 Å². The molecule has 2 nitrogen and oxygen atoms in total. The van der Waals surface area contributed by atoms with Crippen molar-refractivity contribution in [3.63, 3.8) is 0 Å². The number of nitrogens with two attached hydrogens (primary N) is 1. The molecule has 7 heteroatoms. The maximum atomic E-state index is 13.1. The predicted octanol–water partition coefficient (Wildman–Crippen LogP) is 2.67. The van der Waals surface area contributed by atoms with Crippen LogP contribution in [-0.2, 0) is 0 Å². The van der Waals surface area contributed by atoms with Crippen LogP contribution in [0.25, 0.3) is 0 Å². The van der Waals surface area contributed by atoms with E-state index >= 15 is 0 Å². The maximum absolute atomic E-state index is 13.1. The number of alkyl halides is 3. The molecule has 0 saturated carbocycles. The molecule has 0 bridgehead atoms. The lowest BCUT2D eigenvalue weighted by molar-refractivity contribution is -0.161. The van der Waals surface area contributed by atoms with Crippen molar-refractivity contribution < 1.29 is 22.3 Å². The van der Waals surface area contributed by atoms with Gasteiger partial charge in [0.1, 0.15) is 12.5 Å². The minimum absolute atomic E-state index is 0.266. The summed E-state index contributed by atoms with van der Waals surface area (Å²) in [5, 5.41) is 0. The highest BCUT2D eigenvalue weighted by Gasteiger charge is 2.42. The van der Waals surface area contributed by atoms with Crippen LogP contribution >= 0.6 is 12.2 Å². The number of benzene rings is 1. The van der Waals surface area contributed by atoms with Gasteiger partial charge < -0.3 is 10.5 Å². The fourth-order valence-electron chi connectivity index (χ4n) is 1.07. The molecule has 2 N–H and O–H groups in total. The molecule has 0 radical (unpaired) electrons. The van der Waals surface area contributed by atoms with Gasteiger partial charge in [0, 0.05) is 0 Å². The summed E-state index contributed by atoms with van der Waals surface area (Å²) in [6, 6.07) is 5.15. The number of para-hydroxylation sites is 1. The van der Waals surface area contributed by atoms with Gasteiger partial charge in [-0.2, -0.15) is 13.2 Å². The number of thiocarbonyl (C=S) groups is 1. The minimum atomic E-state index is -4.60. The molecule has 1 aromatic carbocycles. The Bertz CT molecular complexity index is 408. The monoisotopic (exact) mass is 267 g/mol. The lowest BCUT2D eigenvalue weighted by Gasteiger charge is -2.19. The molecule has 0 aliphatic rings. The highest BCUT2D eigenvalue weighted by Crippen LogP contribution is 2.27. The summed E-state index contributed by atoms with van der Waals surface area (Å²) in [6.45, 7) is -0.834. The first kappa shape index (κ1) is 13.7. The van der Waals surface area contributed by atoms with Gasteiger partial charge in [0.05, 0.1) is 4.99 Å². The Morgan fingerprint density at radius 1 is 1.35 bits per heavy atom. The first-order chi connectivity index (χ1) is 7.82. The summed E-state index contributed by atoms with van der Waals surface area (Å²) < 4.78 is 55.1. The Morgan fingerprint density at radius 3 is 2.41 bits per heavy atom. The molecule has 0 saturated heterocycles. The Kier molecular flexibility index (Phi) is 4.28. The van der Waals surface area contributed by atoms with E-state index < -0.39 is 29.5 Å². The van der Waals surface area contributed by atoms with Crippen LogP contribution in [0.1, 0.15) is 0 Å². The van der Waals surface area contributed by atoms with Crippen LogP contribution in [-0.4, -0.2) is 17.8 Å². The van der Waals surface area contributed by atoms with Crippen LogP contribution in [0.3, 0.4) is 0 Å². The molecular weight excluding hydrogens is 258 g/mol. The Labute approximate surface area is 100 Å². The maximum Gasteiger partial charge on any atom is 0.401 e. The van der Waals surface area contributed by atoms with Crippen LogP contribution in [0.15, 0.2) is 24.3 Å². The number of ether oxygens (including phenoxy) is 1. The van der Waals surface area contributed by atoms with Crippen molar-refractivity contribution in [3.8, 4) is 5.75 Å². The molecular formula is C10H9F4NOS. The van der Waals surface area contributed by atoms with Crippen LogP contribution in [0.2, 0.25) is 0 Å². The average Bonchev–Trinajstić information content (AvgIpc) is 2.18. The van der Waals surface area contributed by atoms with Crippen molar-refractivity contribution in [2.24, 2.45) is 11.7 Å². The molecule has 17 heavy (non-hydrogen) atoms. The van der Waals surface area contributed by atoms with E-state index in [0.29, 0.717) is 0 Å². The summed E-state index contributed by atoms with van der Waals surface area (Å²) in [5.74, 6) is -3.09. The van der Waals surface area contributed by atoms with Crippen LogP contribution in [0.5, 0.6) is 5.75 Å². The van der Waals surface area contributed by atoms with E-state index in [9.17, 15) is 17.6 Å². The smallest absolute Gasteiger partial charge is 0.401 e. The molecule has 0 aromatic heterocycles. The molecule has 0 spiro atoms. The van der Waals surface area contributed by atoms with Crippen LogP contribution < -0.4 is 10.5 Å². The highest BCUT2D eigenvalue weighted by atomic mass is 32.1. The fraction of sp³-hybridized carbons (Fsp3) is 0.300. The van der Waals surface area contributed by atoms with E-state index in [4.69, 9.17) is 10.5 Å².